The SMILES string of the molecule is CC(C)N1C/C=C\CCC(=O)N[C@@H](C)[C@H](c2ccccc2)OC(=O)[C@H]2[C@@H]3O[C@@]4(C=C3Br)[C@@H]2C(=O)N(CCCO)[C@@H]4C1=O. The molecule has 2 fully saturated rings. The van der Waals surface area contributed by atoms with Gasteiger partial charge >= 0.3 is 5.97 Å². The van der Waals surface area contributed by atoms with Crippen LogP contribution >= 0.6 is 15.9 Å². The summed E-state index contributed by atoms with van der Waals surface area (Å²) in [5.41, 5.74) is -0.670. The minimum Gasteiger partial charge on any atom is -0.455 e. The summed E-state index contributed by atoms with van der Waals surface area (Å²) in [5, 5.41) is 12.6. The molecule has 0 unspecified atom stereocenters. The molecule has 5 rings (SSSR count). The summed E-state index contributed by atoms with van der Waals surface area (Å²) in [4.78, 5) is 58.5. The van der Waals surface area contributed by atoms with Crippen molar-refractivity contribution in [3.8, 4) is 0 Å². The maximum absolute atomic E-state index is 14.3. The average molecular weight is 645 g/mol. The molecule has 42 heavy (non-hydrogen) atoms. The number of carbonyl (C=O) groups excluding carboxylic acids is 4. The zero-order valence-corrected chi connectivity index (χ0v) is 25.7. The normalized spacial score (nSPS) is 34.4. The van der Waals surface area contributed by atoms with Crippen molar-refractivity contribution < 1.29 is 33.8 Å². The van der Waals surface area contributed by atoms with Gasteiger partial charge in [-0.25, -0.2) is 0 Å². The first-order chi connectivity index (χ1) is 20.1. The van der Waals surface area contributed by atoms with Crippen molar-refractivity contribution in [1.29, 1.82) is 0 Å². The second-order valence-electron chi connectivity index (χ2n) is 11.7. The zero-order valence-electron chi connectivity index (χ0n) is 24.1. The average Bonchev–Trinajstić information content (AvgIpc) is 3.54. The van der Waals surface area contributed by atoms with Crippen molar-refractivity contribution in [2.45, 2.75) is 76.0 Å². The molecule has 5 bridgehead atoms. The lowest BCUT2D eigenvalue weighted by Crippen LogP contribution is -2.57. The Morgan fingerprint density at radius 2 is 1.83 bits per heavy atom. The molecule has 4 aliphatic heterocycles. The van der Waals surface area contributed by atoms with Gasteiger partial charge in [0.1, 0.15) is 29.8 Å². The van der Waals surface area contributed by atoms with Crippen molar-refractivity contribution in [3.05, 3.63) is 58.6 Å². The summed E-state index contributed by atoms with van der Waals surface area (Å²) in [5.74, 6) is -3.49. The molecule has 0 aromatic heterocycles. The Balaban J connectivity index is 1.60. The Kier molecular flexibility index (Phi) is 8.91. The number of allylic oxidation sites excluding steroid dienone is 1. The highest BCUT2D eigenvalue weighted by molar-refractivity contribution is 9.11. The second-order valence-corrected chi connectivity index (χ2v) is 12.6. The van der Waals surface area contributed by atoms with E-state index in [1.54, 1.807) is 17.9 Å². The molecule has 0 radical (unpaired) electrons. The van der Waals surface area contributed by atoms with Gasteiger partial charge in [-0.15, -0.1) is 0 Å². The van der Waals surface area contributed by atoms with E-state index in [0.29, 0.717) is 16.5 Å². The molecule has 3 amide bonds. The van der Waals surface area contributed by atoms with Crippen molar-refractivity contribution >= 4 is 39.6 Å². The first kappa shape index (κ1) is 30.4. The molecule has 7 atom stereocenters. The van der Waals surface area contributed by atoms with Crippen LogP contribution in [0.2, 0.25) is 0 Å². The third-order valence-electron chi connectivity index (χ3n) is 8.62. The van der Waals surface area contributed by atoms with Gasteiger partial charge in [0.15, 0.2) is 0 Å². The lowest BCUT2D eigenvalue weighted by molar-refractivity contribution is -0.161. The lowest BCUT2D eigenvalue weighted by Gasteiger charge is -2.37. The number of ether oxygens (including phenoxy) is 2. The third kappa shape index (κ3) is 5.31. The van der Waals surface area contributed by atoms with Gasteiger partial charge in [0.2, 0.25) is 17.7 Å². The summed E-state index contributed by atoms with van der Waals surface area (Å²) >= 11 is 3.56. The molecule has 2 saturated heterocycles. The number of amides is 3. The molecule has 10 nitrogen and oxygen atoms in total. The summed E-state index contributed by atoms with van der Waals surface area (Å²) in [6.45, 7) is 5.85. The van der Waals surface area contributed by atoms with E-state index in [0.717, 1.165) is 0 Å². The van der Waals surface area contributed by atoms with E-state index in [2.05, 4.69) is 21.2 Å². The molecule has 1 aromatic rings. The van der Waals surface area contributed by atoms with Gasteiger partial charge in [-0.3, -0.25) is 19.2 Å². The van der Waals surface area contributed by atoms with Crippen LogP contribution in [0.3, 0.4) is 0 Å². The minimum absolute atomic E-state index is 0.142. The first-order valence-corrected chi connectivity index (χ1v) is 15.4. The first-order valence-electron chi connectivity index (χ1n) is 14.6. The second kappa shape index (κ2) is 12.3. The molecular formula is C31H38BrN3O7. The maximum atomic E-state index is 14.3. The monoisotopic (exact) mass is 643 g/mol. The van der Waals surface area contributed by atoms with Gasteiger partial charge in [0.25, 0.3) is 0 Å². The number of hydrogen-bond donors (Lipinski definition) is 2. The Hall–Kier alpha value is -3.02. The van der Waals surface area contributed by atoms with Crippen LogP contribution in [0.15, 0.2) is 53.0 Å². The predicted molar refractivity (Wildman–Crippen MR) is 157 cm³/mol. The Morgan fingerprint density at radius 1 is 1.10 bits per heavy atom. The number of nitrogens with one attached hydrogen (secondary N) is 1. The number of aliphatic hydroxyl groups excluding tert-OH is 1. The van der Waals surface area contributed by atoms with Crippen LogP contribution in [0.4, 0.5) is 0 Å². The minimum atomic E-state index is -1.37. The van der Waals surface area contributed by atoms with E-state index in [4.69, 9.17) is 9.47 Å². The van der Waals surface area contributed by atoms with Crippen molar-refractivity contribution in [1.82, 2.24) is 15.1 Å². The van der Waals surface area contributed by atoms with E-state index in [9.17, 15) is 24.3 Å². The third-order valence-corrected chi connectivity index (χ3v) is 9.30. The predicted octanol–water partition coefficient (Wildman–Crippen LogP) is 2.62. The molecule has 1 spiro atoms. The van der Waals surface area contributed by atoms with E-state index >= 15 is 0 Å². The highest BCUT2D eigenvalue weighted by atomic mass is 79.9. The number of rotatable bonds is 5. The lowest BCUT2D eigenvalue weighted by atomic mass is 9.74. The van der Waals surface area contributed by atoms with Gasteiger partial charge < -0.3 is 29.7 Å². The fourth-order valence-corrected chi connectivity index (χ4v) is 7.42. The highest BCUT2D eigenvalue weighted by Gasteiger charge is 2.75. The van der Waals surface area contributed by atoms with Gasteiger partial charge in [-0.05, 0) is 45.3 Å². The molecule has 0 saturated carbocycles. The summed E-state index contributed by atoms with van der Waals surface area (Å²) in [6.07, 6.45) is 4.86. The van der Waals surface area contributed by atoms with Crippen LogP contribution in [-0.4, -0.2) is 88.1 Å². The fraction of sp³-hybridized carbons (Fsp3) is 0.548. The van der Waals surface area contributed by atoms with Crippen LogP contribution < -0.4 is 5.32 Å². The Morgan fingerprint density at radius 3 is 2.52 bits per heavy atom. The number of hydrogen-bond acceptors (Lipinski definition) is 7. The number of aliphatic hydroxyl groups is 1. The Bertz CT molecular complexity index is 1280. The van der Waals surface area contributed by atoms with Gasteiger partial charge in [0, 0.05) is 36.6 Å². The number of likely N-dealkylation sites (tertiary alicyclic amines) is 1. The topological polar surface area (TPSA) is 125 Å². The maximum Gasteiger partial charge on any atom is 0.313 e. The number of benzene rings is 1. The zero-order chi connectivity index (χ0) is 30.2. The van der Waals surface area contributed by atoms with Crippen molar-refractivity contribution in [3.63, 3.8) is 0 Å². The van der Waals surface area contributed by atoms with E-state index in [1.165, 1.54) is 4.90 Å². The molecule has 4 aliphatic rings. The smallest absolute Gasteiger partial charge is 0.313 e. The molecule has 4 heterocycles. The molecule has 0 aliphatic carbocycles. The number of cyclic esters (lactones) is 1. The standard InChI is InChI=1S/C31H38BrN3O7/c1-18(2)34-14-9-5-8-13-22(37)33-19(3)25(20-11-6-4-7-12-20)41-30(40)23-24-28(38)35(15-10-16-36)27(29(34)39)31(24)17-21(32)26(23)42-31/h4-7,9,11-12,17-19,23-27,36H,8,10,13-16H2,1-3H3,(H,33,37)/b9-5-/t19-,23+,24-,25+,26+,27+,31-/m0/s1. The van der Waals surface area contributed by atoms with Gasteiger partial charge in [-0.2, -0.15) is 0 Å². The number of carbonyl (C=O) groups is 4. The highest BCUT2D eigenvalue weighted by Crippen LogP contribution is 2.59. The van der Waals surface area contributed by atoms with Crippen molar-refractivity contribution in [2.75, 3.05) is 19.7 Å². The van der Waals surface area contributed by atoms with Crippen LogP contribution in [0.25, 0.3) is 0 Å². The molecular weight excluding hydrogens is 606 g/mol. The number of nitrogens with zero attached hydrogens (tertiary/aromatic N) is 2. The van der Waals surface area contributed by atoms with Crippen LogP contribution in [0, 0.1) is 11.8 Å². The van der Waals surface area contributed by atoms with Crippen LogP contribution in [0.1, 0.15) is 51.7 Å². The number of esters is 1. The summed E-state index contributed by atoms with van der Waals surface area (Å²) in [6, 6.07) is 7.39. The van der Waals surface area contributed by atoms with E-state index in [1.807, 2.05) is 56.3 Å². The van der Waals surface area contributed by atoms with Gasteiger partial charge in [-0.1, -0.05) is 58.4 Å². The quantitative estimate of drug-likeness (QED) is 0.373. The molecule has 2 N–H and O–H groups in total. The number of fused-ring (bicyclic) bond motifs is 2. The van der Waals surface area contributed by atoms with Crippen LogP contribution in [-0.2, 0) is 28.7 Å². The van der Waals surface area contributed by atoms with E-state index in [-0.39, 0.29) is 56.3 Å². The van der Waals surface area contributed by atoms with Crippen LogP contribution in [0.5, 0.6) is 0 Å². The fourth-order valence-electron chi connectivity index (χ4n) is 6.69. The van der Waals surface area contributed by atoms with Gasteiger partial charge in [0.05, 0.1) is 12.0 Å². The summed E-state index contributed by atoms with van der Waals surface area (Å²) < 4.78 is 13.2. The molecule has 1 aromatic carbocycles. The van der Waals surface area contributed by atoms with Crippen molar-refractivity contribution in [2.24, 2.45) is 11.8 Å². The number of halogens is 1. The molecule has 226 valence electrons. The summed E-state index contributed by atoms with van der Waals surface area (Å²) in [7, 11) is 0. The Labute approximate surface area is 254 Å². The molecule has 11 heteroatoms. The van der Waals surface area contributed by atoms with E-state index < -0.39 is 47.7 Å². The largest absolute Gasteiger partial charge is 0.455 e.